The summed E-state index contributed by atoms with van der Waals surface area (Å²) in [5.74, 6) is -0.0594. The third-order valence-corrected chi connectivity index (χ3v) is 2.18. The lowest BCUT2D eigenvalue weighted by Gasteiger charge is -2.18. The van der Waals surface area contributed by atoms with Crippen LogP contribution in [0.15, 0.2) is 24.3 Å². The quantitative estimate of drug-likeness (QED) is 0.815. The van der Waals surface area contributed by atoms with Crippen molar-refractivity contribution in [3.05, 3.63) is 35.4 Å². The van der Waals surface area contributed by atoms with Crippen LogP contribution < -0.4 is 0 Å². The third kappa shape index (κ3) is 3.36. The van der Waals surface area contributed by atoms with Crippen molar-refractivity contribution in [2.24, 2.45) is 0 Å². The van der Waals surface area contributed by atoms with Gasteiger partial charge in [0.25, 0.3) is 5.91 Å². The monoisotopic (exact) mass is 207 g/mol. The zero-order valence-corrected chi connectivity index (χ0v) is 9.40. The summed E-state index contributed by atoms with van der Waals surface area (Å²) in [7, 11) is 1.69. The molecule has 0 heterocycles. The molecule has 1 unspecified atom stereocenters. The van der Waals surface area contributed by atoms with Gasteiger partial charge in [0.15, 0.2) is 0 Å². The van der Waals surface area contributed by atoms with Gasteiger partial charge >= 0.3 is 0 Å². The van der Waals surface area contributed by atoms with Gasteiger partial charge in [-0.1, -0.05) is 17.7 Å². The molecule has 1 rings (SSSR count). The summed E-state index contributed by atoms with van der Waals surface area (Å²) >= 11 is 0. The van der Waals surface area contributed by atoms with Crippen LogP contribution in [0.4, 0.5) is 0 Å². The van der Waals surface area contributed by atoms with Gasteiger partial charge in [0.1, 0.15) is 0 Å². The molecule has 1 aromatic rings. The number of hydrogen-bond donors (Lipinski definition) is 1. The van der Waals surface area contributed by atoms with Crippen molar-refractivity contribution in [1.29, 1.82) is 0 Å². The fourth-order valence-corrected chi connectivity index (χ4v) is 1.40. The van der Waals surface area contributed by atoms with Gasteiger partial charge in [0, 0.05) is 19.2 Å². The van der Waals surface area contributed by atoms with Crippen LogP contribution in [0.1, 0.15) is 22.8 Å². The van der Waals surface area contributed by atoms with Gasteiger partial charge in [0.05, 0.1) is 6.10 Å². The van der Waals surface area contributed by atoms with Crippen molar-refractivity contribution in [2.45, 2.75) is 20.0 Å². The van der Waals surface area contributed by atoms with E-state index < -0.39 is 6.10 Å². The van der Waals surface area contributed by atoms with Crippen LogP contribution in [-0.2, 0) is 0 Å². The van der Waals surface area contributed by atoms with Gasteiger partial charge in [-0.3, -0.25) is 4.79 Å². The zero-order valence-electron chi connectivity index (χ0n) is 9.40. The summed E-state index contributed by atoms with van der Waals surface area (Å²) in [5.41, 5.74) is 1.79. The zero-order chi connectivity index (χ0) is 11.4. The van der Waals surface area contributed by atoms with E-state index in [1.807, 2.05) is 19.1 Å². The summed E-state index contributed by atoms with van der Waals surface area (Å²) in [6.45, 7) is 4.00. The minimum Gasteiger partial charge on any atom is -0.392 e. The van der Waals surface area contributed by atoms with Crippen LogP contribution >= 0.6 is 0 Å². The van der Waals surface area contributed by atoms with Crippen molar-refractivity contribution >= 4 is 5.91 Å². The first kappa shape index (κ1) is 11.7. The highest BCUT2D eigenvalue weighted by atomic mass is 16.3. The van der Waals surface area contributed by atoms with Gasteiger partial charge in [-0.25, -0.2) is 0 Å². The molecule has 0 fully saturated rings. The average molecular weight is 207 g/mol. The molecule has 0 aliphatic carbocycles. The molecule has 1 atom stereocenters. The highest BCUT2D eigenvalue weighted by Gasteiger charge is 2.12. The summed E-state index contributed by atoms with van der Waals surface area (Å²) in [5, 5.41) is 9.17. The standard InChI is InChI=1S/C12H17NO2/c1-9-4-6-11(7-5-9)12(15)13(3)8-10(2)14/h4-7,10,14H,8H2,1-3H3. The van der Waals surface area contributed by atoms with E-state index in [0.29, 0.717) is 12.1 Å². The maximum Gasteiger partial charge on any atom is 0.253 e. The topological polar surface area (TPSA) is 40.5 Å². The lowest BCUT2D eigenvalue weighted by molar-refractivity contribution is 0.0703. The van der Waals surface area contributed by atoms with Gasteiger partial charge < -0.3 is 10.0 Å². The van der Waals surface area contributed by atoms with Crippen LogP contribution in [0.2, 0.25) is 0 Å². The molecule has 1 N–H and O–H groups in total. The highest BCUT2D eigenvalue weighted by Crippen LogP contribution is 2.06. The number of nitrogens with zero attached hydrogens (tertiary/aromatic N) is 1. The van der Waals surface area contributed by atoms with Crippen LogP contribution in [0.5, 0.6) is 0 Å². The first-order valence-electron chi connectivity index (χ1n) is 5.01. The number of hydrogen-bond acceptors (Lipinski definition) is 2. The summed E-state index contributed by atoms with van der Waals surface area (Å²) < 4.78 is 0. The van der Waals surface area contributed by atoms with E-state index in [2.05, 4.69) is 0 Å². The Kier molecular flexibility index (Phi) is 3.86. The van der Waals surface area contributed by atoms with Crippen molar-refractivity contribution in [2.75, 3.05) is 13.6 Å². The molecule has 0 saturated heterocycles. The second kappa shape index (κ2) is 4.94. The lowest BCUT2D eigenvalue weighted by Crippen LogP contribution is -2.32. The predicted octanol–water partition coefficient (Wildman–Crippen LogP) is 1.45. The molecule has 3 heteroatoms. The van der Waals surface area contributed by atoms with E-state index in [9.17, 15) is 4.79 Å². The van der Waals surface area contributed by atoms with Gasteiger partial charge in [-0.2, -0.15) is 0 Å². The summed E-state index contributed by atoms with van der Waals surface area (Å²) in [4.78, 5) is 13.3. The Morgan fingerprint density at radius 3 is 2.40 bits per heavy atom. The van der Waals surface area contributed by atoms with Crippen molar-refractivity contribution < 1.29 is 9.90 Å². The molecule has 0 radical (unpaired) electrons. The highest BCUT2D eigenvalue weighted by molar-refractivity contribution is 5.94. The molecule has 0 saturated carbocycles. The maximum atomic E-state index is 11.8. The number of aliphatic hydroxyl groups excluding tert-OH is 1. The first-order valence-corrected chi connectivity index (χ1v) is 5.01. The Bertz CT molecular complexity index is 330. The second-order valence-electron chi connectivity index (χ2n) is 3.90. The molecule has 82 valence electrons. The number of amides is 1. The molecule has 0 aliphatic rings. The van der Waals surface area contributed by atoms with E-state index in [-0.39, 0.29) is 5.91 Å². The Morgan fingerprint density at radius 2 is 1.93 bits per heavy atom. The van der Waals surface area contributed by atoms with E-state index in [1.54, 1.807) is 26.1 Å². The van der Waals surface area contributed by atoms with Gasteiger partial charge in [-0.05, 0) is 26.0 Å². The molecule has 15 heavy (non-hydrogen) atoms. The number of rotatable bonds is 3. The van der Waals surface area contributed by atoms with Crippen molar-refractivity contribution in [1.82, 2.24) is 4.90 Å². The normalized spacial score (nSPS) is 12.3. The molecule has 1 aromatic carbocycles. The number of aryl methyl sites for hydroxylation is 1. The summed E-state index contributed by atoms with van der Waals surface area (Å²) in [6.07, 6.45) is -0.496. The maximum absolute atomic E-state index is 11.8. The average Bonchev–Trinajstić information content (AvgIpc) is 2.17. The minimum absolute atomic E-state index is 0.0594. The Morgan fingerprint density at radius 1 is 1.40 bits per heavy atom. The molecule has 0 bridgehead atoms. The predicted molar refractivity (Wildman–Crippen MR) is 59.8 cm³/mol. The number of likely N-dealkylation sites (N-methyl/N-ethyl adjacent to an activating group) is 1. The molecule has 0 aliphatic heterocycles. The Hall–Kier alpha value is -1.35. The fraction of sp³-hybridized carbons (Fsp3) is 0.417. The van der Waals surface area contributed by atoms with Crippen LogP contribution in [0.3, 0.4) is 0 Å². The molecule has 1 amide bonds. The number of carbonyl (C=O) groups is 1. The Labute approximate surface area is 90.3 Å². The van der Waals surface area contributed by atoms with Crippen LogP contribution in [0.25, 0.3) is 0 Å². The number of aliphatic hydroxyl groups is 1. The SMILES string of the molecule is Cc1ccc(C(=O)N(C)CC(C)O)cc1. The number of benzene rings is 1. The van der Waals surface area contributed by atoms with Crippen LogP contribution in [0, 0.1) is 6.92 Å². The van der Waals surface area contributed by atoms with Crippen LogP contribution in [-0.4, -0.2) is 35.6 Å². The molecule has 0 aromatic heterocycles. The van der Waals surface area contributed by atoms with E-state index in [4.69, 9.17) is 5.11 Å². The van der Waals surface area contributed by atoms with Crippen molar-refractivity contribution in [3.8, 4) is 0 Å². The van der Waals surface area contributed by atoms with E-state index in [0.717, 1.165) is 5.56 Å². The minimum atomic E-state index is -0.496. The summed E-state index contributed by atoms with van der Waals surface area (Å²) in [6, 6.07) is 7.42. The van der Waals surface area contributed by atoms with E-state index >= 15 is 0 Å². The lowest BCUT2D eigenvalue weighted by atomic mass is 10.1. The largest absolute Gasteiger partial charge is 0.392 e. The second-order valence-corrected chi connectivity index (χ2v) is 3.90. The van der Waals surface area contributed by atoms with Gasteiger partial charge in [0.2, 0.25) is 0 Å². The fourth-order valence-electron chi connectivity index (χ4n) is 1.40. The van der Waals surface area contributed by atoms with Gasteiger partial charge in [-0.15, -0.1) is 0 Å². The third-order valence-electron chi connectivity index (χ3n) is 2.18. The first-order chi connectivity index (χ1) is 7.00. The Balaban J connectivity index is 2.72. The molecule has 3 nitrogen and oxygen atoms in total. The number of carbonyl (C=O) groups excluding carboxylic acids is 1. The molecule has 0 spiro atoms. The van der Waals surface area contributed by atoms with E-state index in [1.165, 1.54) is 4.90 Å². The van der Waals surface area contributed by atoms with Crippen molar-refractivity contribution in [3.63, 3.8) is 0 Å². The molecular weight excluding hydrogens is 190 g/mol. The molecular formula is C12H17NO2. The smallest absolute Gasteiger partial charge is 0.253 e.